The molecule has 8 heteroatoms. The van der Waals surface area contributed by atoms with E-state index in [9.17, 15) is 13.5 Å². The van der Waals surface area contributed by atoms with Gasteiger partial charge in [0.1, 0.15) is 6.10 Å². The molecule has 0 aliphatic heterocycles. The second-order valence-corrected chi connectivity index (χ2v) is 7.43. The quantitative estimate of drug-likeness (QED) is 0.425. The molecule has 4 N–H and O–H groups in total. The van der Waals surface area contributed by atoms with Gasteiger partial charge in [-0.3, -0.25) is 0 Å². The minimum Gasteiger partial charge on any atom is -0.394 e. The van der Waals surface area contributed by atoms with E-state index in [4.69, 9.17) is 22.0 Å². The lowest BCUT2D eigenvalue weighted by Crippen LogP contribution is -2.37. The Morgan fingerprint density at radius 3 is 2.28 bits per heavy atom. The van der Waals surface area contributed by atoms with Crippen LogP contribution < -0.4 is 4.84 Å². The van der Waals surface area contributed by atoms with Gasteiger partial charge < -0.3 is 15.3 Å². The Labute approximate surface area is 113 Å². The summed E-state index contributed by atoms with van der Waals surface area (Å²) >= 11 is 5.49. The van der Waals surface area contributed by atoms with E-state index in [1.54, 1.807) is 0 Å². The molecule has 0 rings (SSSR count). The van der Waals surface area contributed by atoms with Gasteiger partial charge >= 0.3 is 0 Å². The first-order valence-electron chi connectivity index (χ1n) is 5.69. The van der Waals surface area contributed by atoms with Crippen LogP contribution in [-0.2, 0) is 9.84 Å². The smallest absolute Gasteiger partial charge is 0.152 e. The average molecular weight is 304 g/mol. The number of sulfone groups is 1. The van der Waals surface area contributed by atoms with Crippen molar-refractivity contribution in [2.75, 3.05) is 18.1 Å². The van der Waals surface area contributed by atoms with E-state index in [0.717, 1.165) is 0 Å². The lowest BCUT2D eigenvalue weighted by molar-refractivity contribution is -0.00265. The molecule has 0 saturated heterocycles. The van der Waals surface area contributed by atoms with Gasteiger partial charge in [0, 0.05) is 5.54 Å². The third kappa shape index (κ3) is 7.50. The molecule has 0 radical (unpaired) electrons. The van der Waals surface area contributed by atoms with Crippen LogP contribution >= 0.6 is 11.8 Å². The van der Waals surface area contributed by atoms with Crippen LogP contribution in [0.2, 0.25) is 0 Å². The Bertz CT molecular complexity index is 333. The van der Waals surface area contributed by atoms with Crippen molar-refractivity contribution in [3.05, 3.63) is 0 Å². The highest BCUT2D eigenvalue weighted by Crippen LogP contribution is 2.13. The first kappa shape index (κ1) is 18.1. The Balaban J connectivity index is 4.17. The largest absolute Gasteiger partial charge is 0.394 e. The van der Waals surface area contributed by atoms with Crippen molar-refractivity contribution in [2.24, 2.45) is 0 Å². The minimum absolute atomic E-state index is 0.0930. The lowest BCUT2D eigenvalue weighted by atomic mass is 10.0. The summed E-state index contributed by atoms with van der Waals surface area (Å²) in [5.41, 5.74) is -0.361. The fourth-order valence-electron chi connectivity index (χ4n) is 1.36. The van der Waals surface area contributed by atoms with E-state index >= 15 is 0 Å². The Hall–Kier alpha value is 0.0800. The monoisotopic (exact) mass is 303 g/mol. The number of halogens is 1. The highest BCUT2D eigenvalue weighted by atomic mass is 35.5. The van der Waals surface area contributed by atoms with Gasteiger partial charge in [-0.1, -0.05) is 0 Å². The second-order valence-electron chi connectivity index (χ2n) is 5.01. The number of hydrogen-bond donors (Lipinski definition) is 4. The van der Waals surface area contributed by atoms with Gasteiger partial charge in [-0.2, -0.15) is 0 Å². The van der Waals surface area contributed by atoms with E-state index in [1.807, 2.05) is 13.8 Å². The Morgan fingerprint density at radius 2 is 1.83 bits per heavy atom. The molecule has 0 aromatic carbocycles. The maximum atomic E-state index is 11.6. The zero-order valence-electron chi connectivity index (χ0n) is 10.6. The van der Waals surface area contributed by atoms with Gasteiger partial charge in [0.25, 0.3) is 0 Å². The topological polar surface area (TPSA) is 107 Å². The van der Waals surface area contributed by atoms with Gasteiger partial charge in [-0.05, 0) is 38.5 Å². The predicted molar refractivity (Wildman–Crippen MR) is 70.1 cm³/mol. The molecule has 0 saturated carbocycles. The molecule has 0 aromatic heterocycles. The standard InChI is InChI=1S/C10H22ClNO5S/c1-10(2,12-11)4-3-5-18(16,17)7-9(15)8(14)6-13/h8-9,12-15H,3-7H2,1-2H3. The van der Waals surface area contributed by atoms with Crippen molar-refractivity contribution in [1.82, 2.24) is 4.84 Å². The highest BCUT2D eigenvalue weighted by molar-refractivity contribution is 7.91. The van der Waals surface area contributed by atoms with E-state index in [-0.39, 0.29) is 11.3 Å². The molecular formula is C10H22ClNO5S. The molecule has 0 aliphatic rings. The summed E-state index contributed by atoms with van der Waals surface area (Å²) < 4.78 is 23.3. The van der Waals surface area contributed by atoms with Crippen LogP contribution in [0.15, 0.2) is 0 Å². The summed E-state index contributed by atoms with van der Waals surface area (Å²) in [4.78, 5) is 2.55. The fraction of sp³-hybridized carbons (Fsp3) is 1.00. The van der Waals surface area contributed by atoms with Crippen LogP contribution in [0.5, 0.6) is 0 Å². The highest BCUT2D eigenvalue weighted by Gasteiger charge is 2.24. The number of aliphatic hydroxyl groups excluding tert-OH is 3. The van der Waals surface area contributed by atoms with E-state index in [1.165, 1.54) is 0 Å². The first-order valence-corrected chi connectivity index (χ1v) is 7.89. The zero-order chi connectivity index (χ0) is 14.4. The maximum Gasteiger partial charge on any atom is 0.152 e. The third-order valence-corrected chi connectivity index (χ3v) is 4.84. The summed E-state index contributed by atoms with van der Waals surface area (Å²) in [6.45, 7) is 3.02. The van der Waals surface area contributed by atoms with Crippen molar-refractivity contribution >= 4 is 21.6 Å². The molecule has 2 atom stereocenters. The van der Waals surface area contributed by atoms with Gasteiger partial charge in [0.15, 0.2) is 9.84 Å². The second kappa shape index (κ2) is 7.62. The zero-order valence-corrected chi connectivity index (χ0v) is 12.2. The Morgan fingerprint density at radius 1 is 1.28 bits per heavy atom. The molecule has 0 heterocycles. The SMILES string of the molecule is CC(C)(CCCS(=O)(=O)CC(O)C(O)CO)NCl. The molecule has 0 bridgehead atoms. The summed E-state index contributed by atoms with van der Waals surface area (Å²) in [5.74, 6) is -0.645. The third-order valence-electron chi connectivity index (χ3n) is 2.57. The minimum atomic E-state index is -3.46. The van der Waals surface area contributed by atoms with Crippen molar-refractivity contribution in [3.63, 3.8) is 0 Å². The molecule has 0 aromatic rings. The van der Waals surface area contributed by atoms with Crippen molar-refractivity contribution in [1.29, 1.82) is 0 Å². The van der Waals surface area contributed by atoms with E-state index in [2.05, 4.69) is 4.84 Å². The summed E-state index contributed by atoms with van der Waals surface area (Å²) in [6, 6.07) is 0. The summed E-state index contributed by atoms with van der Waals surface area (Å²) in [6.07, 6.45) is -1.93. The van der Waals surface area contributed by atoms with Gasteiger partial charge in [-0.25, -0.2) is 13.3 Å². The maximum absolute atomic E-state index is 11.6. The van der Waals surface area contributed by atoms with Crippen LogP contribution in [0, 0.1) is 0 Å². The molecule has 0 aliphatic carbocycles. The van der Waals surface area contributed by atoms with Crippen LogP contribution in [0.3, 0.4) is 0 Å². The molecule has 0 fully saturated rings. The number of nitrogens with one attached hydrogen (secondary N) is 1. The van der Waals surface area contributed by atoms with Gasteiger partial charge in [-0.15, -0.1) is 0 Å². The van der Waals surface area contributed by atoms with Gasteiger partial charge in [0.05, 0.1) is 24.2 Å². The number of hydrogen-bond acceptors (Lipinski definition) is 6. The first-order chi connectivity index (χ1) is 8.13. The fourth-order valence-corrected chi connectivity index (χ4v) is 2.95. The summed E-state index contributed by atoms with van der Waals surface area (Å²) in [7, 11) is -3.46. The van der Waals surface area contributed by atoms with Crippen LogP contribution in [0.25, 0.3) is 0 Å². The van der Waals surface area contributed by atoms with Crippen molar-refractivity contribution < 1.29 is 23.7 Å². The average Bonchev–Trinajstić information content (AvgIpc) is 2.26. The predicted octanol–water partition coefficient (Wildman–Crippen LogP) is -0.583. The lowest BCUT2D eigenvalue weighted by Gasteiger charge is -2.22. The molecule has 2 unspecified atom stereocenters. The number of aliphatic hydroxyl groups is 3. The van der Waals surface area contributed by atoms with Crippen molar-refractivity contribution in [2.45, 2.75) is 44.4 Å². The molecular weight excluding hydrogens is 282 g/mol. The van der Waals surface area contributed by atoms with Crippen LogP contribution in [0.1, 0.15) is 26.7 Å². The molecule has 110 valence electrons. The van der Waals surface area contributed by atoms with Crippen LogP contribution in [0.4, 0.5) is 0 Å². The normalized spacial score (nSPS) is 16.6. The van der Waals surface area contributed by atoms with Crippen molar-refractivity contribution in [3.8, 4) is 0 Å². The Kier molecular flexibility index (Phi) is 7.65. The van der Waals surface area contributed by atoms with Crippen LogP contribution in [-0.4, -0.2) is 59.6 Å². The number of rotatable bonds is 9. The molecule has 0 amide bonds. The molecule has 6 nitrogen and oxygen atoms in total. The van der Waals surface area contributed by atoms with Gasteiger partial charge in [0.2, 0.25) is 0 Å². The summed E-state index contributed by atoms with van der Waals surface area (Å²) in [5, 5.41) is 27.0. The molecule has 0 spiro atoms. The van der Waals surface area contributed by atoms with E-state index < -0.39 is 34.4 Å². The van der Waals surface area contributed by atoms with E-state index in [0.29, 0.717) is 12.8 Å². The molecule has 18 heavy (non-hydrogen) atoms.